The summed E-state index contributed by atoms with van der Waals surface area (Å²) in [6.07, 6.45) is 10.5. The Hall–Kier alpha value is -4.74. The molecule has 0 aromatic heterocycles. The van der Waals surface area contributed by atoms with Gasteiger partial charge in [0.1, 0.15) is 5.60 Å². The average molecular weight is 691 g/mol. The fourth-order valence-electron chi connectivity index (χ4n) is 6.77. The third-order valence-electron chi connectivity index (χ3n) is 10.2. The van der Waals surface area contributed by atoms with E-state index in [0.717, 1.165) is 58.8 Å². The highest BCUT2D eigenvalue weighted by molar-refractivity contribution is 6.62. The monoisotopic (exact) mass is 690 g/mol. The Kier molecular flexibility index (Phi) is 12.2. The van der Waals surface area contributed by atoms with Crippen molar-refractivity contribution in [3.8, 4) is 0 Å². The van der Waals surface area contributed by atoms with Gasteiger partial charge in [-0.1, -0.05) is 95.1 Å². The van der Waals surface area contributed by atoms with Gasteiger partial charge in [0.25, 0.3) is 0 Å². The molecule has 0 saturated carbocycles. The second kappa shape index (κ2) is 17.2. The molecule has 1 aliphatic heterocycles. The zero-order valence-corrected chi connectivity index (χ0v) is 31.9. The molecule has 52 heavy (non-hydrogen) atoms. The highest BCUT2D eigenvalue weighted by atomic mass is 16.7. The molecule has 5 aromatic rings. The SMILES string of the molecule is C=C1OB(c2ccc(N(c3ccc(CCCC)cc3)c3ccc(N(c4ccc(CCCC)cc4)c4ccc(CCCC)cc4)cc3)cc2)OC1(C)C. The number of aryl methyl sites for hydroxylation is 3. The van der Waals surface area contributed by atoms with Crippen molar-refractivity contribution in [2.24, 2.45) is 0 Å². The summed E-state index contributed by atoms with van der Waals surface area (Å²) in [5.41, 5.74) is 11.3. The van der Waals surface area contributed by atoms with E-state index >= 15 is 0 Å². The molecule has 1 saturated heterocycles. The minimum atomic E-state index is -0.515. The highest BCUT2D eigenvalue weighted by Gasteiger charge is 2.42. The van der Waals surface area contributed by atoms with Crippen molar-refractivity contribution < 1.29 is 9.31 Å². The van der Waals surface area contributed by atoms with Gasteiger partial charge in [0.15, 0.2) is 0 Å². The van der Waals surface area contributed by atoms with Crippen LogP contribution in [0.3, 0.4) is 0 Å². The molecule has 0 amide bonds. The number of unbranched alkanes of at least 4 members (excludes halogenated alkanes) is 3. The van der Waals surface area contributed by atoms with Crippen molar-refractivity contribution in [3.63, 3.8) is 0 Å². The van der Waals surface area contributed by atoms with Crippen LogP contribution in [0.2, 0.25) is 0 Å². The number of nitrogens with zero attached hydrogens (tertiary/aromatic N) is 2. The average Bonchev–Trinajstić information content (AvgIpc) is 3.46. The van der Waals surface area contributed by atoms with Crippen LogP contribution in [-0.4, -0.2) is 12.7 Å². The van der Waals surface area contributed by atoms with E-state index in [1.807, 2.05) is 13.8 Å². The summed E-state index contributed by atoms with van der Waals surface area (Å²) in [6.45, 7) is 14.8. The summed E-state index contributed by atoms with van der Waals surface area (Å²) < 4.78 is 12.2. The normalized spacial score (nSPS) is 13.6. The summed E-state index contributed by atoms with van der Waals surface area (Å²) >= 11 is 0. The maximum absolute atomic E-state index is 6.18. The molecule has 1 fully saturated rings. The first-order chi connectivity index (χ1) is 25.3. The lowest BCUT2D eigenvalue weighted by atomic mass is 9.79. The van der Waals surface area contributed by atoms with E-state index < -0.39 is 12.7 Å². The lowest BCUT2D eigenvalue weighted by molar-refractivity contribution is 0.173. The zero-order chi connectivity index (χ0) is 36.5. The summed E-state index contributed by atoms with van der Waals surface area (Å²) in [7, 11) is -0.463. The Balaban J connectivity index is 1.34. The van der Waals surface area contributed by atoms with Crippen molar-refractivity contribution in [3.05, 3.63) is 150 Å². The van der Waals surface area contributed by atoms with Crippen LogP contribution in [0.1, 0.15) is 89.8 Å². The first kappa shape index (κ1) is 37.0. The number of benzene rings is 5. The molecule has 0 aliphatic carbocycles. The molecule has 5 aromatic carbocycles. The van der Waals surface area contributed by atoms with E-state index in [4.69, 9.17) is 9.31 Å². The van der Waals surface area contributed by atoms with E-state index in [1.54, 1.807) is 0 Å². The zero-order valence-electron chi connectivity index (χ0n) is 31.9. The predicted octanol–water partition coefficient (Wildman–Crippen LogP) is 12.7. The van der Waals surface area contributed by atoms with Crippen LogP contribution in [0, 0.1) is 0 Å². The van der Waals surface area contributed by atoms with E-state index in [2.05, 4.69) is 158 Å². The molecule has 6 rings (SSSR count). The Morgan fingerprint density at radius 2 is 0.769 bits per heavy atom. The van der Waals surface area contributed by atoms with Crippen molar-refractivity contribution in [1.29, 1.82) is 0 Å². The number of anilines is 6. The van der Waals surface area contributed by atoms with Gasteiger partial charge in [-0.2, -0.15) is 0 Å². The Bertz CT molecular complexity index is 1810. The van der Waals surface area contributed by atoms with E-state index in [0.29, 0.717) is 5.76 Å². The van der Waals surface area contributed by atoms with Crippen molar-refractivity contribution in [1.82, 2.24) is 0 Å². The van der Waals surface area contributed by atoms with Gasteiger partial charge in [0.05, 0.1) is 5.76 Å². The third kappa shape index (κ3) is 8.82. The largest absolute Gasteiger partial charge is 0.563 e. The van der Waals surface area contributed by atoms with Gasteiger partial charge < -0.3 is 19.1 Å². The quantitative estimate of drug-likeness (QED) is 0.0962. The topological polar surface area (TPSA) is 24.9 Å². The fourth-order valence-corrected chi connectivity index (χ4v) is 6.77. The van der Waals surface area contributed by atoms with Crippen LogP contribution < -0.4 is 15.3 Å². The molecular weight excluding hydrogens is 635 g/mol. The molecule has 5 heteroatoms. The molecular formula is C47H55BN2O2. The Morgan fingerprint density at radius 3 is 1.04 bits per heavy atom. The Morgan fingerprint density at radius 1 is 0.481 bits per heavy atom. The molecule has 0 N–H and O–H groups in total. The maximum atomic E-state index is 6.18. The van der Waals surface area contributed by atoms with Crippen LogP contribution in [0.4, 0.5) is 34.1 Å². The van der Waals surface area contributed by atoms with Gasteiger partial charge in [0, 0.05) is 34.1 Å². The van der Waals surface area contributed by atoms with Gasteiger partial charge >= 0.3 is 7.12 Å². The van der Waals surface area contributed by atoms with Gasteiger partial charge in [-0.05, 0) is 147 Å². The molecule has 0 unspecified atom stereocenters. The smallest absolute Gasteiger partial charge is 0.534 e. The predicted molar refractivity (Wildman–Crippen MR) is 222 cm³/mol. The van der Waals surface area contributed by atoms with E-state index in [-0.39, 0.29) is 0 Å². The second-order valence-corrected chi connectivity index (χ2v) is 14.6. The third-order valence-corrected chi connectivity index (χ3v) is 10.2. The molecule has 0 spiro atoms. The maximum Gasteiger partial charge on any atom is 0.563 e. The summed E-state index contributed by atoms with van der Waals surface area (Å²) in [5.74, 6) is 0.653. The molecule has 0 bridgehead atoms. The summed E-state index contributed by atoms with van der Waals surface area (Å²) in [5, 5.41) is 0. The highest BCUT2D eigenvalue weighted by Crippen LogP contribution is 2.39. The van der Waals surface area contributed by atoms with E-state index in [9.17, 15) is 0 Å². The molecule has 0 radical (unpaired) electrons. The molecule has 1 heterocycles. The Labute approximate surface area is 313 Å². The minimum absolute atomic E-state index is 0.463. The first-order valence-electron chi connectivity index (χ1n) is 19.4. The molecule has 268 valence electrons. The van der Waals surface area contributed by atoms with Crippen molar-refractivity contribution in [2.45, 2.75) is 98.0 Å². The van der Waals surface area contributed by atoms with Crippen LogP contribution in [0.15, 0.2) is 134 Å². The fraction of sp³-hybridized carbons (Fsp3) is 0.319. The summed E-state index contributed by atoms with van der Waals surface area (Å²) in [4.78, 5) is 4.70. The van der Waals surface area contributed by atoms with E-state index in [1.165, 1.54) is 55.2 Å². The van der Waals surface area contributed by atoms with Crippen LogP contribution >= 0.6 is 0 Å². The lowest BCUT2D eigenvalue weighted by Crippen LogP contribution is -2.34. The molecule has 0 atom stereocenters. The van der Waals surface area contributed by atoms with Gasteiger partial charge in [0.2, 0.25) is 0 Å². The van der Waals surface area contributed by atoms with Crippen LogP contribution in [-0.2, 0) is 28.6 Å². The molecule has 4 nitrogen and oxygen atoms in total. The van der Waals surface area contributed by atoms with Crippen molar-refractivity contribution in [2.75, 3.05) is 9.80 Å². The van der Waals surface area contributed by atoms with Gasteiger partial charge in [-0.3, -0.25) is 0 Å². The van der Waals surface area contributed by atoms with Crippen LogP contribution in [0.5, 0.6) is 0 Å². The van der Waals surface area contributed by atoms with Crippen molar-refractivity contribution >= 4 is 46.7 Å². The first-order valence-corrected chi connectivity index (χ1v) is 19.4. The minimum Gasteiger partial charge on any atom is -0.534 e. The lowest BCUT2D eigenvalue weighted by Gasteiger charge is -2.29. The van der Waals surface area contributed by atoms with Gasteiger partial charge in [-0.25, -0.2) is 0 Å². The van der Waals surface area contributed by atoms with Crippen LogP contribution in [0.25, 0.3) is 0 Å². The second-order valence-electron chi connectivity index (χ2n) is 14.6. The number of hydrogen-bond acceptors (Lipinski definition) is 4. The standard InChI is InChI=1S/C47H55BN2O2/c1-7-10-13-37-16-24-41(25-17-37)49(42-26-18-38(19-27-42)14-11-8-2)45-32-34-46(35-33-45)50(43-28-20-39(21-29-43)15-12-9-3)44-30-22-40(23-31-44)48-51-36(4)47(5,6)52-48/h16-35H,4,7-15H2,1-3,5-6H3. The van der Waals surface area contributed by atoms with Gasteiger partial charge in [-0.15, -0.1) is 0 Å². The number of hydrogen-bond donors (Lipinski definition) is 0. The number of rotatable bonds is 16. The summed E-state index contributed by atoms with van der Waals surface area (Å²) in [6, 6.07) is 44.7. The molecule has 1 aliphatic rings.